The van der Waals surface area contributed by atoms with Gasteiger partial charge in [0.1, 0.15) is 15.5 Å². The van der Waals surface area contributed by atoms with E-state index in [0.717, 1.165) is 17.0 Å². The van der Waals surface area contributed by atoms with Gasteiger partial charge in [0, 0.05) is 18.1 Å². The molecule has 5 nitrogen and oxygen atoms in total. The van der Waals surface area contributed by atoms with E-state index in [9.17, 15) is 13.2 Å². The van der Waals surface area contributed by atoms with Crippen molar-refractivity contribution in [3.05, 3.63) is 41.7 Å². The molecule has 0 atom stereocenters. The quantitative estimate of drug-likeness (QED) is 0.917. The Balaban J connectivity index is 2.53. The molecule has 1 N–H and O–H groups in total. The molecule has 100 valence electrons. The molecule has 6 heteroatoms. The first-order valence-corrected chi connectivity index (χ1v) is 7.72. The molecule has 0 unspecified atom stereocenters. The maximum absolute atomic E-state index is 11.2. The van der Waals surface area contributed by atoms with Crippen LogP contribution >= 0.6 is 0 Å². The van der Waals surface area contributed by atoms with Crippen molar-refractivity contribution in [2.75, 3.05) is 12.0 Å². The van der Waals surface area contributed by atoms with Crippen LogP contribution in [0.2, 0.25) is 0 Å². The van der Waals surface area contributed by atoms with Gasteiger partial charge in [0.15, 0.2) is 0 Å². The summed E-state index contributed by atoms with van der Waals surface area (Å²) in [6.07, 6.45) is 1.36. The van der Waals surface area contributed by atoms with Crippen molar-refractivity contribution in [3.63, 3.8) is 0 Å². The number of rotatable bonds is 4. The number of pyridine rings is 1. The van der Waals surface area contributed by atoms with Gasteiger partial charge in [-0.2, -0.15) is 0 Å². The van der Waals surface area contributed by atoms with Crippen molar-refractivity contribution < 1.29 is 18.3 Å². The van der Waals surface area contributed by atoms with Gasteiger partial charge in [0.2, 0.25) is 0 Å². The zero-order valence-electron chi connectivity index (χ0n) is 10.3. The molecule has 2 aromatic rings. The molecule has 0 fully saturated rings. The smallest absolute Gasteiger partial charge is 0.354 e. The van der Waals surface area contributed by atoms with Crippen molar-refractivity contribution in [3.8, 4) is 0 Å². The lowest BCUT2D eigenvalue weighted by atomic mass is 10.1. The van der Waals surface area contributed by atoms with Crippen molar-refractivity contribution in [1.82, 2.24) is 4.98 Å². The normalized spacial score (nSPS) is 11.6. The average molecular weight is 279 g/mol. The van der Waals surface area contributed by atoms with Crippen LogP contribution in [0.3, 0.4) is 0 Å². The third-order valence-electron chi connectivity index (χ3n) is 2.75. The van der Waals surface area contributed by atoms with Crippen LogP contribution in [0.25, 0.3) is 10.8 Å². The van der Waals surface area contributed by atoms with Gasteiger partial charge < -0.3 is 5.11 Å². The van der Waals surface area contributed by atoms with E-state index in [4.69, 9.17) is 5.11 Å². The zero-order chi connectivity index (χ0) is 14.0. The largest absolute Gasteiger partial charge is 0.477 e. The molecule has 1 aromatic heterocycles. The highest BCUT2D eigenvalue weighted by Crippen LogP contribution is 2.19. The van der Waals surface area contributed by atoms with Crippen LogP contribution in [0.1, 0.15) is 16.2 Å². The van der Waals surface area contributed by atoms with Gasteiger partial charge in [-0.15, -0.1) is 0 Å². The second-order valence-corrected chi connectivity index (χ2v) is 6.62. The average Bonchev–Trinajstić information content (AvgIpc) is 2.34. The number of carbonyl (C=O) groups is 1. The molecule has 0 bridgehead atoms. The molecule has 2 rings (SSSR count). The Morgan fingerprint density at radius 3 is 2.63 bits per heavy atom. The maximum Gasteiger partial charge on any atom is 0.354 e. The number of carboxylic acids is 1. The van der Waals surface area contributed by atoms with Crippen LogP contribution in [0.5, 0.6) is 0 Å². The van der Waals surface area contributed by atoms with E-state index < -0.39 is 15.8 Å². The fourth-order valence-electron chi connectivity index (χ4n) is 1.85. The number of aromatic carboxylic acids is 1. The molecule has 0 spiro atoms. The molecule has 0 amide bonds. The molecule has 19 heavy (non-hydrogen) atoms. The van der Waals surface area contributed by atoms with Crippen molar-refractivity contribution in [2.24, 2.45) is 0 Å². The van der Waals surface area contributed by atoms with Crippen LogP contribution in [0, 0.1) is 0 Å². The molecule has 0 aliphatic heterocycles. The fourth-order valence-corrected chi connectivity index (χ4v) is 2.42. The van der Waals surface area contributed by atoms with Gasteiger partial charge >= 0.3 is 5.97 Å². The van der Waals surface area contributed by atoms with E-state index in [1.54, 1.807) is 12.1 Å². The summed E-state index contributed by atoms with van der Waals surface area (Å²) in [6.45, 7) is 0. The van der Waals surface area contributed by atoms with E-state index in [1.807, 2.05) is 12.1 Å². The Hall–Kier alpha value is -1.95. The minimum atomic E-state index is -3.11. The van der Waals surface area contributed by atoms with E-state index in [-0.39, 0.29) is 17.9 Å². The Kier molecular flexibility index (Phi) is 3.53. The fraction of sp³-hybridized carbons (Fsp3) is 0.231. The number of carboxylic acid groups (broad SMARTS) is 1. The number of hydrogen-bond acceptors (Lipinski definition) is 4. The lowest BCUT2D eigenvalue weighted by Gasteiger charge is -2.07. The predicted molar refractivity (Wildman–Crippen MR) is 72.1 cm³/mol. The zero-order valence-corrected chi connectivity index (χ0v) is 11.1. The van der Waals surface area contributed by atoms with Crippen LogP contribution in [0.15, 0.2) is 30.3 Å². The first kappa shape index (κ1) is 13.5. The summed E-state index contributed by atoms with van der Waals surface area (Å²) in [5.74, 6) is -1.17. The predicted octanol–water partition coefficient (Wildman–Crippen LogP) is 1.52. The summed E-state index contributed by atoms with van der Waals surface area (Å²) >= 11 is 0. The Morgan fingerprint density at radius 2 is 2.00 bits per heavy atom. The number of nitrogens with zero attached hydrogens (tertiary/aromatic N) is 1. The van der Waals surface area contributed by atoms with E-state index in [0.29, 0.717) is 5.69 Å². The number of aromatic nitrogens is 1. The Bertz CT molecular complexity index is 737. The number of benzene rings is 1. The molecular formula is C13H13NO4S. The summed E-state index contributed by atoms with van der Waals surface area (Å²) < 4.78 is 22.4. The standard InChI is InChI=1S/C13H13NO4S/c1-19(17,18)7-6-11-10-5-3-2-4-9(10)8-12(14-11)13(15)16/h2-5,8H,6-7H2,1H3,(H,15,16). The van der Waals surface area contributed by atoms with E-state index in [2.05, 4.69) is 4.98 Å². The summed E-state index contributed by atoms with van der Waals surface area (Å²) in [5, 5.41) is 10.6. The first-order chi connectivity index (χ1) is 8.87. The second kappa shape index (κ2) is 4.97. The third kappa shape index (κ3) is 3.29. The molecule has 0 aliphatic rings. The van der Waals surface area contributed by atoms with E-state index in [1.165, 1.54) is 6.07 Å². The van der Waals surface area contributed by atoms with Crippen LogP contribution in [-0.2, 0) is 16.3 Å². The molecule has 1 aromatic carbocycles. The monoisotopic (exact) mass is 279 g/mol. The van der Waals surface area contributed by atoms with Crippen molar-refractivity contribution in [2.45, 2.75) is 6.42 Å². The molecular weight excluding hydrogens is 266 g/mol. The van der Waals surface area contributed by atoms with Gasteiger partial charge in [0.05, 0.1) is 11.4 Å². The Labute approximate surface area is 110 Å². The molecule has 1 heterocycles. The van der Waals surface area contributed by atoms with Gasteiger partial charge in [0.25, 0.3) is 0 Å². The molecule has 0 aliphatic carbocycles. The van der Waals surface area contributed by atoms with Gasteiger partial charge in [-0.05, 0) is 11.5 Å². The number of sulfone groups is 1. The van der Waals surface area contributed by atoms with E-state index >= 15 is 0 Å². The maximum atomic E-state index is 11.2. The Morgan fingerprint density at radius 1 is 1.32 bits per heavy atom. The summed E-state index contributed by atoms with van der Waals surface area (Å²) in [4.78, 5) is 15.1. The van der Waals surface area contributed by atoms with Gasteiger partial charge in [-0.1, -0.05) is 24.3 Å². The van der Waals surface area contributed by atoms with Crippen molar-refractivity contribution in [1.29, 1.82) is 0 Å². The van der Waals surface area contributed by atoms with Crippen LogP contribution in [0.4, 0.5) is 0 Å². The third-order valence-corrected chi connectivity index (χ3v) is 3.69. The molecule has 0 saturated carbocycles. The minimum absolute atomic E-state index is 0.0485. The highest BCUT2D eigenvalue weighted by atomic mass is 32.2. The number of hydrogen-bond donors (Lipinski definition) is 1. The summed E-state index contributed by atoms with van der Waals surface area (Å²) in [5.41, 5.74) is 0.433. The highest BCUT2D eigenvalue weighted by molar-refractivity contribution is 7.90. The second-order valence-electron chi connectivity index (χ2n) is 4.36. The lowest BCUT2D eigenvalue weighted by Crippen LogP contribution is -2.10. The SMILES string of the molecule is CS(=O)(=O)CCc1nc(C(=O)O)cc2ccccc12. The topological polar surface area (TPSA) is 84.3 Å². The van der Waals surface area contributed by atoms with Gasteiger partial charge in [-0.3, -0.25) is 0 Å². The lowest BCUT2D eigenvalue weighted by molar-refractivity contribution is 0.0690. The minimum Gasteiger partial charge on any atom is -0.477 e. The first-order valence-electron chi connectivity index (χ1n) is 5.66. The highest BCUT2D eigenvalue weighted by Gasteiger charge is 2.12. The molecule has 0 radical (unpaired) electrons. The summed E-state index contributed by atoms with van der Waals surface area (Å²) in [6, 6.07) is 8.70. The van der Waals surface area contributed by atoms with Gasteiger partial charge in [-0.25, -0.2) is 18.2 Å². The van der Waals surface area contributed by atoms with Crippen LogP contribution < -0.4 is 0 Å². The van der Waals surface area contributed by atoms with Crippen LogP contribution in [-0.4, -0.2) is 36.5 Å². The molecule has 0 saturated heterocycles. The van der Waals surface area contributed by atoms with Crippen molar-refractivity contribution >= 4 is 26.6 Å². The number of fused-ring (bicyclic) bond motifs is 1. The number of aryl methyl sites for hydroxylation is 1. The summed E-state index contributed by atoms with van der Waals surface area (Å²) in [7, 11) is -3.11.